The Morgan fingerprint density at radius 1 is 0.812 bits per heavy atom. The predicted molar refractivity (Wildman–Crippen MR) is 183 cm³/mol. The first-order valence-electron chi connectivity index (χ1n) is 15.6. The summed E-state index contributed by atoms with van der Waals surface area (Å²) in [5.41, 5.74) is 5.92. The van der Waals surface area contributed by atoms with Gasteiger partial charge in [0.15, 0.2) is 0 Å². The zero-order valence-electron chi connectivity index (χ0n) is 28.3. The van der Waals surface area contributed by atoms with Crippen molar-refractivity contribution in [3.63, 3.8) is 0 Å². The van der Waals surface area contributed by atoms with Crippen LogP contribution >= 0.6 is 0 Å². The number of aromatic nitrogens is 2. The minimum absolute atomic E-state index is 0. The Morgan fingerprint density at radius 2 is 1.35 bits per heavy atom. The summed E-state index contributed by atoms with van der Waals surface area (Å²) >= 11 is 0. The van der Waals surface area contributed by atoms with E-state index in [2.05, 4.69) is 67.4 Å². The molecule has 0 aliphatic rings. The van der Waals surface area contributed by atoms with Crippen molar-refractivity contribution in [3.8, 4) is 34.0 Å². The summed E-state index contributed by atoms with van der Waals surface area (Å²) in [6.07, 6.45) is 2.51. The van der Waals surface area contributed by atoms with Gasteiger partial charge >= 0.3 is 21.1 Å². The van der Waals surface area contributed by atoms with Gasteiger partial charge in [0, 0.05) is 16.9 Å². The molecule has 1 atom stereocenters. The molecule has 5 nitrogen and oxygen atoms in total. The second-order valence-corrected chi connectivity index (χ2v) is 13.7. The van der Waals surface area contributed by atoms with Crippen LogP contribution in [0.1, 0.15) is 65.2 Å². The van der Waals surface area contributed by atoms with Crippen LogP contribution < -0.4 is 0 Å². The Hall–Kier alpha value is -3.93. The Labute approximate surface area is 297 Å². The Morgan fingerprint density at radius 3 is 1.81 bits per heavy atom. The van der Waals surface area contributed by atoms with Gasteiger partial charge < -0.3 is 14.6 Å². The molecular formula is C40H42F2N2O3Pt. The van der Waals surface area contributed by atoms with Crippen LogP contribution in [-0.2, 0) is 39.3 Å². The second kappa shape index (κ2) is 16.5. The average molecular weight is 832 g/mol. The van der Waals surface area contributed by atoms with Gasteiger partial charge in [-0.1, -0.05) is 78.3 Å². The summed E-state index contributed by atoms with van der Waals surface area (Å²) in [5, 5.41) is 26.6. The van der Waals surface area contributed by atoms with Gasteiger partial charge in [-0.2, -0.15) is 35.9 Å². The monoisotopic (exact) mass is 831 g/mol. The van der Waals surface area contributed by atoms with E-state index in [1.54, 1.807) is 13.0 Å². The van der Waals surface area contributed by atoms with Crippen molar-refractivity contribution in [2.75, 3.05) is 0 Å². The Kier molecular flexibility index (Phi) is 13.2. The summed E-state index contributed by atoms with van der Waals surface area (Å²) in [5.74, 6) is -0.138. The molecule has 0 aliphatic heterocycles. The molecule has 0 saturated carbocycles. The minimum atomic E-state index is -0.644. The molecule has 0 amide bonds. The summed E-state index contributed by atoms with van der Waals surface area (Å²) in [7, 11) is 0. The zero-order chi connectivity index (χ0) is 34.4. The van der Waals surface area contributed by atoms with Gasteiger partial charge in [-0.25, -0.2) is 5.56 Å². The number of hydrogen-bond donors (Lipinski definition) is 2. The van der Waals surface area contributed by atoms with E-state index in [4.69, 9.17) is 9.52 Å². The molecule has 0 aliphatic carbocycles. The molecule has 5 aromatic rings. The van der Waals surface area contributed by atoms with Crippen LogP contribution in [0.3, 0.4) is 0 Å². The maximum Gasteiger partial charge on any atom is 2.00 e. The average Bonchev–Trinajstić information content (AvgIpc) is 3.50. The minimum Gasteiger partial charge on any atom is -0.513 e. The number of aliphatic hydroxyl groups is 2. The molecule has 48 heavy (non-hydrogen) atoms. The van der Waals surface area contributed by atoms with Gasteiger partial charge in [0.2, 0.25) is 11.8 Å². The molecule has 2 N–H and O–H groups in total. The molecule has 1 aromatic heterocycles. The van der Waals surface area contributed by atoms with Gasteiger partial charge in [0.05, 0.1) is 11.9 Å². The molecule has 0 spiro atoms. The number of aryl methyl sites for hydroxylation is 2. The summed E-state index contributed by atoms with van der Waals surface area (Å²) in [4.78, 5) is 0. The van der Waals surface area contributed by atoms with E-state index >= 15 is 0 Å². The Balaban J connectivity index is 0.000000496. The van der Waals surface area contributed by atoms with E-state index < -0.39 is 17.7 Å². The topological polar surface area (TPSA) is 79.4 Å². The fourth-order valence-corrected chi connectivity index (χ4v) is 4.57. The number of halogens is 2. The van der Waals surface area contributed by atoms with Crippen molar-refractivity contribution in [3.05, 3.63) is 131 Å². The first-order chi connectivity index (χ1) is 22.1. The third kappa shape index (κ3) is 10.8. The van der Waals surface area contributed by atoms with Gasteiger partial charge in [0.25, 0.3) is 0 Å². The van der Waals surface area contributed by atoms with Crippen LogP contribution in [0.25, 0.3) is 34.0 Å². The van der Waals surface area contributed by atoms with Crippen molar-refractivity contribution >= 4 is 0 Å². The van der Waals surface area contributed by atoms with Crippen molar-refractivity contribution in [2.45, 2.75) is 72.8 Å². The van der Waals surface area contributed by atoms with E-state index in [0.29, 0.717) is 17.3 Å². The smallest absolute Gasteiger partial charge is 0.513 e. The van der Waals surface area contributed by atoms with Crippen molar-refractivity contribution < 1.29 is 44.5 Å². The van der Waals surface area contributed by atoms with E-state index in [9.17, 15) is 13.9 Å². The SMILES string of the molecule is CC(C)(C)c1ccc(-c2nnc(-c3ccc(CCc4c[c-]c(-c5[c-]cc(F)cc5F)cc4)cc3)o2)cc1.CC(O)=CC(O)C(C)(C)C.[Pt+2]. The van der Waals surface area contributed by atoms with Crippen molar-refractivity contribution in [1.82, 2.24) is 10.2 Å². The Bertz CT molecular complexity index is 1780. The van der Waals surface area contributed by atoms with Crippen molar-refractivity contribution in [1.29, 1.82) is 0 Å². The maximum absolute atomic E-state index is 14.0. The number of aliphatic hydroxyl groups excluding tert-OH is 2. The summed E-state index contributed by atoms with van der Waals surface area (Å²) < 4.78 is 33.1. The summed E-state index contributed by atoms with van der Waals surface area (Å²) in [6.45, 7) is 13.8. The molecule has 5 rings (SSSR count). The number of hydrogen-bond acceptors (Lipinski definition) is 5. The first-order valence-corrected chi connectivity index (χ1v) is 15.6. The predicted octanol–water partition coefficient (Wildman–Crippen LogP) is 9.88. The molecule has 0 fully saturated rings. The molecule has 1 unspecified atom stereocenters. The first kappa shape index (κ1) is 38.5. The third-order valence-corrected chi connectivity index (χ3v) is 7.62. The van der Waals surface area contributed by atoms with Crippen LogP contribution in [0, 0.1) is 29.2 Å². The van der Waals surface area contributed by atoms with Crippen LogP contribution in [0.15, 0.2) is 95.1 Å². The van der Waals surface area contributed by atoms with E-state index in [1.165, 1.54) is 17.2 Å². The number of rotatable bonds is 7. The summed E-state index contributed by atoms with van der Waals surface area (Å²) in [6, 6.07) is 29.6. The van der Waals surface area contributed by atoms with Crippen LogP contribution in [-0.4, -0.2) is 26.5 Å². The largest absolute Gasteiger partial charge is 2.00 e. The van der Waals surface area contributed by atoms with Gasteiger partial charge in [-0.15, -0.1) is 21.8 Å². The number of benzene rings is 4. The van der Waals surface area contributed by atoms with Crippen LogP contribution in [0.5, 0.6) is 0 Å². The molecular weight excluding hydrogens is 790 g/mol. The van der Waals surface area contributed by atoms with Crippen molar-refractivity contribution in [2.24, 2.45) is 5.41 Å². The van der Waals surface area contributed by atoms with Crippen LogP contribution in [0.4, 0.5) is 8.78 Å². The van der Waals surface area contributed by atoms with Gasteiger partial charge in [0.1, 0.15) is 0 Å². The molecule has 0 saturated heterocycles. The van der Waals surface area contributed by atoms with Gasteiger partial charge in [-0.3, -0.25) is 8.78 Å². The molecule has 8 heteroatoms. The third-order valence-electron chi connectivity index (χ3n) is 7.62. The molecule has 0 radical (unpaired) electrons. The molecule has 254 valence electrons. The zero-order valence-corrected chi connectivity index (χ0v) is 30.6. The quantitative estimate of drug-likeness (QED) is 0.126. The second-order valence-electron chi connectivity index (χ2n) is 13.7. The van der Waals surface area contributed by atoms with E-state index in [-0.39, 0.29) is 43.2 Å². The van der Waals surface area contributed by atoms with Crippen LogP contribution in [0.2, 0.25) is 0 Å². The fraction of sp³-hybridized carbons (Fsp3) is 0.300. The number of allylic oxidation sites excluding steroid dienone is 1. The molecule has 1 heterocycles. The molecule has 4 aromatic carbocycles. The standard InChI is InChI=1S/C32H26F2N2O.C8H16O2.Pt/c1-32(2,3)26-16-14-25(15-17-26)31-36-35-30(37-31)24-12-8-22(9-13-24)5-4-21-6-10-23(11-7-21)28-19-18-27(33)20-29(28)34;1-6(9)5-7(10)8(2,3)4;/h6-10,12-18,20H,4-5H2,1-3H3;5,7,9-10H,1-4H3;/q-2;;+2. The normalized spacial score (nSPS) is 12.5. The number of nitrogens with zero attached hydrogens (tertiary/aromatic N) is 2. The molecule has 0 bridgehead atoms. The fourth-order valence-electron chi connectivity index (χ4n) is 4.57. The maximum atomic E-state index is 14.0. The van der Waals surface area contributed by atoms with E-state index in [0.717, 1.165) is 41.7 Å². The van der Waals surface area contributed by atoms with Gasteiger partial charge in [-0.05, 0) is 71.5 Å². The van der Waals surface area contributed by atoms with E-state index in [1.807, 2.05) is 57.2 Å².